The normalized spacial score (nSPS) is 9.31. The predicted molar refractivity (Wildman–Crippen MR) is 51.2 cm³/mol. The number of pyridine rings is 1. The van der Waals surface area contributed by atoms with Crippen LogP contribution in [0.3, 0.4) is 0 Å². The van der Waals surface area contributed by atoms with Crippen LogP contribution in [0.25, 0.3) is 0 Å². The van der Waals surface area contributed by atoms with E-state index in [1.54, 1.807) is 6.07 Å². The van der Waals surface area contributed by atoms with E-state index >= 15 is 0 Å². The Kier molecular flexibility index (Phi) is 3.23. The van der Waals surface area contributed by atoms with Crippen LogP contribution in [0.1, 0.15) is 11.4 Å². The molecule has 0 aliphatic rings. The molecule has 0 amide bonds. The van der Waals surface area contributed by atoms with Gasteiger partial charge >= 0.3 is 0 Å². The van der Waals surface area contributed by atoms with Crippen molar-refractivity contribution >= 4 is 5.69 Å². The molecule has 0 aliphatic heterocycles. The fourth-order valence-electron chi connectivity index (χ4n) is 1.04. The number of aryl methyl sites for hydroxylation is 1. The van der Waals surface area contributed by atoms with Crippen LogP contribution in [0.2, 0.25) is 0 Å². The maximum Gasteiger partial charge on any atom is 0.142 e. The van der Waals surface area contributed by atoms with E-state index in [-0.39, 0.29) is 0 Å². The van der Waals surface area contributed by atoms with Gasteiger partial charge in [0.2, 0.25) is 0 Å². The highest BCUT2D eigenvalue weighted by molar-refractivity contribution is 5.47. The third-order valence-corrected chi connectivity index (χ3v) is 1.54. The third kappa shape index (κ3) is 2.73. The number of nitrogens with one attached hydrogen (secondary N) is 1. The summed E-state index contributed by atoms with van der Waals surface area (Å²) in [6, 6.07) is 5.60. The van der Waals surface area contributed by atoms with Crippen LogP contribution in [-0.4, -0.2) is 18.1 Å². The molecule has 0 radical (unpaired) electrons. The van der Waals surface area contributed by atoms with Crippen molar-refractivity contribution in [1.82, 2.24) is 4.98 Å². The summed E-state index contributed by atoms with van der Waals surface area (Å²) in [5.74, 6) is 0. The monoisotopic (exact) mass is 176 g/mol. The topological polar surface area (TPSA) is 74.7 Å². The number of aromatic nitrogens is 1. The fraction of sp³-hybridized carbons (Fsp3) is 0.333. The Morgan fingerprint density at radius 3 is 3.00 bits per heavy atom. The molecule has 68 valence electrons. The fourth-order valence-corrected chi connectivity index (χ4v) is 1.04. The predicted octanol–water partition coefficient (Wildman–Crippen LogP) is 0.632. The van der Waals surface area contributed by atoms with Gasteiger partial charge in [-0.1, -0.05) is 0 Å². The van der Waals surface area contributed by atoms with E-state index in [2.05, 4.69) is 10.3 Å². The van der Waals surface area contributed by atoms with Gasteiger partial charge in [0.1, 0.15) is 11.8 Å². The van der Waals surface area contributed by atoms with Crippen LogP contribution in [0.15, 0.2) is 12.1 Å². The summed E-state index contributed by atoms with van der Waals surface area (Å²) in [5.41, 5.74) is 7.50. The maximum atomic E-state index is 8.65. The molecule has 0 spiro atoms. The van der Waals surface area contributed by atoms with Gasteiger partial charge < -0.3 is 11.1 Å². The summed E-state index contributed by atoms with van der Waals surface area (Å²) in [6.07, 6.45) is 0. The molecule has 0 atom stereocenters. The molecule has 1 aromatic heterocycles. The van der Waals surface area contributed by atoms with E-state index in [0.717, 1.165) is 11.4 Å². The van der Waals surface area contributed by atoms with E-state index < -0.39 is 0 Å². The van der Waals surface area contributed by atoms with Crippen LogP contribution in [0.5, 0.6) is 0 Å². The first-order valence-electron chi connectivity index (χ1n) is 4.09. The molecule has 0 saturated carbocycles. The second kappa shape index (κ2) is 4.43. The van der Waals surface area contributed by atoms with Crippen molar-refractivity contribution in [1.29, 1.82) is 5.26 Å². The Morgan fingerprint density at radius 1 is 1.62 bits per heavy atom. The van der Waals surface area contributed by atoms with Gasteiger partial charge in [-0.25, -0.2) is 4.98 Å². The number of rotatable bonds is 3. The Bertz CT molecular complexity index is 327. The van der Waals surface area contributed by atoms with E-state index in [0.29, 0.717) is 18.8 Å². The summed E-state index contributed by atoms with van der Waals surface area (Å²) in [7, 11) is 0. The molecular formula is C9H12N4. The number of nitrogens with zero attached hydrogens (tertiary/aromatic N) is 2. The van der Waals surface area contributed by atoms with Crippen molar-refractivity contribution in [3.63, 3.8) is 0 Å². The molecule has 1 aromatic rings. The number of anilines is 1. The Balaban J connectivity index is 2.83. The maximum absolute atomic E-state index is 8.65. The molecule has 1 rings (SSSR count). The van der Waals surface area contributed by atoms with Crippen molar-refractivity contribution < 1.29 is 0 Å². The van der Waals surface area contributed by atoms with Crippen molar-refractivity contribution in [2.24, 2.45) is 5.73 Å². The van der Waals surface area contributed by atoms with Gasteiger partial charge in [0.05, 0.1) is 0 Å². The largest absolute Gasteiger partial charge is 0.384 e. The van der Waals surface area contributed by atoms with Crippen LogP contribution < -0.4 is 11.1 Å². The lowest BCUT2D eigenvalue weighted by molar-refractivity contribution is 1.02. The third-order valence-electron chi connectivity index (χ3n) is 1.54. The van der Waals surface area contributed by atoms with Crippen LogP contribution in [0.4, 0.5) is 5.69 Å². The quantitative estimate of drug-likeness (QED) is 0.708. The highest BCUT2D eigenvalue weighted by atomic mass is 14.9. The Labute approximate surface area is 77.4 Å². The summed E-state index contributed by atoms with van der Waals surface area (Å²) >= 11 is 0. The summed E-state index contributed by atoms with van der Waals surface area (Å²) in [5, 5.41) is 11.7. The van der Waals surface area contributed by atoms with Crippen LogP contribution in [-0.2, 0) is 0 Å². The number of hydrogen-bond donors (Lipinski definition) is 2. The Hall–Kier alpha value is -1.60. The first-order valence-corrected chi connectivity index (χ1v) is 4.09. The van der Waals surface area contributed by atoms with Crippen molar-refractivity contribution in [2.45, 2.75) is 6.92 Å². The lowest BCUT2D eigenvalue weighted by atomic mass is 10.3. The number of hydrogen-bond acceptors (Lipinski definition) is 4. The van der Waals surface area contributed by atoms with E-state index in [9.17, 15) is 0 Å². The molecular weight excluding hydrogens is 164 g/mol. The lowest BCUT2D eigenvalue weighted by Gasteiger charge is -2.05. The average molecular weight is 176 g/mol. The number of nitrogens with two attached hydrogens (primary N) is 1. The van der Waals surface area contributed by atoms with Crippen LogP contribution >= 0.6 is 0 Å². The minimum Gasteiger partial charge on any atom is -0.384 e. The molecule has 0 bridgehead atoms. The van der Waals surface area contributed by atoms with Gasteiger partial charge in [-0.2, -0.15) is 5.26 Å². The lowest BCUT2D eigenvalue weighted by Crippen LogP contribution is -2.13. The minimum atomic E-state index is 0.430. The number of nitriles is 1. The van der Waals surface area contributed by atoms with Gasteiger partial charge in [-0.3, -0.25) is 0 Å². The smallest absolute Gasteiger partial charge is 0.142 e. The van der Waals surface area contributed by atoms with E-state index in [4.69, 9.17) is 11.0 Å². The molecule has 4 nitrogen and oxygen atoms in total. The zero-order valence-electron chi connectivity index (χ0n) is 7.54. The first-order chi connectivity index (χ1) is 6.26. The summed E-state index contributed by atoms with van der Waals surface area (Å²) in [6.45, 7) is 3.13. The summed E-state index contributed by atoms with van der Waals surface area (Å²) in [4.78, 5) is 4.03. The van der Waals surface area contributed by atoms with Gasteiger partial charge in [0, 0.05) is 24.5 Å². The average Bonchev–Trinajstić information content (AvgIpc) is 2.14. The van der Waals surface area contributed by atoms with Crippen LogP contribution in [0, 0.1) is 18.3 Å². The van der Waals surface area contributed by atoms with Gasteiger partial charge in [-0.15, -0.1) is 0 Å². The van der Waals surface area contributed by atoms with Crippen molar-refractivity contribution in [2.75, 3.05) is 18.4 Å². The Morgan fingerprint density at radius 2 is 2.38 bits per heavy atom. The highest BCUT2D eigenvalue weighted by Gasteiger charge is 1.97. The standard InChI is InChI=1S/C9H12N4/c1-7-4-8(12-3-2-10)5-9(6-11)13-7/h4-5H,2-3,10H2,1H3,(H,12,13). The highest BCUT2D eigenvalue weighted by Crippen LogP contribution is 2.09. The molecule has 1 heterocycles. The SMILES string of the molecule is Cc1cc(NCCN)cc(C#N)n1. The first kappa shape index (κ1) is 9.49. The molecule has 3 N–H and O–H groups in total. The van der Waals surface area contributed by atoms with E-state index in [1.807, 2.05) is 19.1 Å². The minimum absolute atomic E-state index is 0.430. The molecule has 0 aliphatic carbocycles. The van der Waals surface area contributed by atoms with Crippen molar-refractivity contribution in [3.8, 4) is 6.07 Å². The molecule has 0 unspecified atom stereocenters. The van der Waals surface area contributed by atoms with Gasteiger partial charge in [0.25, 0.3) is 0 Å². The second-order valence-electron chi connectivity index (χ2n) is 2.71. The molecule has 0 fully saturated rings. The second-order valence-corrected chi connectivity index (χ2v) is 2.71. The molecule has 4 heteroatoms. The zero-order valence-corrected chi connectivity index (χ0v) is 7.54. The van der Waals surface area contributed by atoms with E-state index in [1.165, 1.54) is 0 Å². The zero-order chi connectivity index (χ0) is 9.68. The molecule has 0 aromatic carbocycles. The summed E-state index contributed by atoms with van der Waals surface area (Å²) < 4.78 is 0. The van der Waals surface area contributed by atoms with Gasteiger partial charge in [0.15, 0.2) is 0 Å². The van der Waals surface area contributed by atoms with Gasteiger partial charge in [-0.05, 0) is 19.1 Å². The van der Waals surface area contributed by atoms with Crippen molar-refractivity contribution in [3.05, 3.63) is 23.5 Å². The molecule has 13 heavy (non-hydrogen) atoms. The molecule has 0 saturated heterocycles.